The second-order valence-corrected chi connectivity index (χ2v) is 4.93. The molecule has 1 aromatic carbocycles. The van der Waals surface area contributed by atoms with E-state index in [2.05, 4.69) is 15.3 Å². The highest BCUT2D eigenvalue weighted by atomic mass is 16.4. The van der Waals surface area contributed by atoms with Crippen LogP contribution in [0.1, 0.15) is 26.3 Å². The second kappa shape index (κ2) is 5.33. The summed E-state index contributed by atoms with van der Waals surface area (Å²) in [6.07, 6.45) is 3.32. The molecular formula is C16H13N3O3. The molecule has 6 nitrogen and oxygen atoms in total. The van der Waals surface area contributed by atoms with E-state index in [0.29, 0.717) is 16.8 Å². The molecule has 0 saturated carbocycles. The van der Waals surface area contributed by atoms with Gasteiger partial charge in [0.2, 0.25) is 0 Å². The molecule has 110 valence electrons. The molecule has 0 unspecified atom stereocenters. The number of nitrogens with one attached hydrogen (secondary N) is 2. The molecule has 1 amide bonds. The molecule has 3 aromatic rings. The van der Waals surface area contributed by atoms with Gasteiger partial charge < -0.3 is 15.4 Å². The lowest BCUT2D eigenvalue weighted by molar-refractivity contribution is 0.0697. The van der Waals surface area contributed by atoms with Crippen molar-refractivity contribution in [2.24, 2.45) is 0 Å². The number of rotatable bonds is 3. The average Bonchev–Trinajstić information content (AvgIpc) is 2.94. The topological polar surface area (TPSA) is 95.1 Å². The number of anilines is 1. The van der Waals surface area contributed by atoms with Crippen molar-refractivity contribution in [1.29, 1.82) is 0 Å². The summed E-state index contributed by atoms with van der Waals surface area (Å²) in [5, 5.41) is 12.6. The highest BCUT2D eigenvalue weighted by Crippen LogP contribution is 2.17. The number of fused-ring (bicyclic) bond motifs is 1. The van der Waals surface area contributed by atoms with E-state index in [1.54, 1.807) is 31.5 Å². The second-order valence-electron chi connectivity index (χ2n) is 4.93. The van der Waals surface area contributed by atoms with E-state index in [-0.39, 0.29) is 11.5 Å². The fraction of sp³-hybridized carbons (Fsp3) is 0.0625. The van der Waals surface area contributed by atoms with Crippen LogP contribution in [0.25, 0.3) is 11.0 Å². The number of nitrogens with zero attached hydrogens (tertiary/aromatic N) is 1. The van der Waals surface area contributed by atoms with Gasteiger partial charge in [0.05, 0.1) is 17.4 Å². The van der Waals surface area contributed by atoms with Crippen LogP contribution in [0.2, 0.25) is 0 Å². The first-order chi connectivity index (χ1) is 10.5. The van der Waals surface area contributed by atoms with Crippen LogP contribution >= 0.6 is 0 Å². The minimum absolute atomic E-state index is 0.0787. The molecule has 0 aliphatic heterocycles. The van der Waals surface area contributed by atoms with Crippen LogP contribution in [-0.2, 0) is 0 Å². The van der Waals surface area contributed by atoms with Crippen LogP contribution in [0.5, 0.6) is 0 Å². The summed E-state index contributed by atoms with van der Waals surface area (Å²) in [7, 11) is 0. The normalized spacial score (nSPS) is 10.6. The largest absolute Gasteiger partial charge is 0.478 e. The van der Waals surface area contributed by atoms with Crippen molar-refractivity contribution >= 4 is 28.6 Å². The predicted molar refractivity (Wildman–Crippen MR) is 82.2 cm³/mol. The quantitative estimate of drug-likeness (QED) is 0.692. The van der Waals surface area contributed by atoms with Crippen LogP contribution in [0.15, 0.2) is 42.7 Å². The van der Waals surface area contributed by atoms with Crippen molar-refractivity contribution in [3.8, 4) is 0 Å². The van der Waals surface area contributed by atoms with Crippen molar-refractivity contribution in [2.75, 3.05) is 5.32 Å². The Morgan fingerprint density at radius 1 is 1.23 bits per heavy atom. The van der Waals surface area contributed by atoms with E-state index in [4.69, 9.17) is 5.11 Å². The third kappa shape index (κ3) is 2.54. The molecule has 0 saturated heterocycles. The lowest BCUT2D eigenvalue weighted by Crippen LogP contribution is -2.14. The maximum absolute atomic E-state index is 12.3. The molecule has 2 aromatic heterocycles. The third-order valence-electron chi connectivity index (χ3n) is 3.39. The minimum atomic E-state index is -1.07. The van der Waals surface area contributed by atoms with E-state index in [0.717, 1.165) is 11.0 Å². The summed E-state index contributed by atoms with van der Waals surface area (Å²) in [4.78, 5) is 30.5. The number of amides is 1. The van der Waals surface area contributed by atoms with Gasteiger partial charge in [-0.25, -0.2) is 9.78 Å². The summed E-state index contributed by atoms with van der Waals surface area (Å²) in [5.41, 5.74) is 2.40. The van der Waals surface area contributed by atoms with Crippen LogP contribution in [-0.4, -0.2) is 27.0 Å². The molecule has 2 heterocycles. The van der Waals surface area contributed by atoms with Crippen molar-refractivity contribution in [3.05, 3.63) is 59.4 Å². The van der Waals surface area contributed by atoms with E-state index in [1.807, 2.05) is 6.07 Å². The van der Waals surface area contributed by atoms with Crippen molar-refractivity contribution in [2.45, 2.75) is 6.92 Å². The Morgan fingerprint density at radius 3 is 2.82 bits per heavy atom. The number of aromatic amines is 1. The number of carboxylic acid groups (broad SMARTS) is 1. The highest BCUT2D eigenvalue weighted by Gasteiger charge is 2.13. The van der Waals surface area contributed by atoms with Gasteiger partial charge in [0.15, 0.2) is 0 Å². The van der Waals surface area contributed by atoms with Crippen molar-refractivity contribution in [1.82, 2.24) is 9.97 Å². The Labute approximate surface area is 125 Å². The number of pyridine rings is 1. The molecule has 3 N–H and O–H groups in total. The van der Waals surface area contributed by atoms with E-state index < -0.39 is 5.97 Å². The number of hydrogen-bond acceptors (Lipinski definition) is 3. The number of carbonyl (C=O) groups is 2. The van der Waals surface area contributed by atoms with Crippen LogP contribution in [0, 0.1) is 6.92 Å². The van der Waals surface area contributed by atoms with Gasteiger partial charge in [-0.3, -0.25) is 4.79 Å². The molecule has 0 spiro atoms. The van der Waals surface area contributed by atoms with Gasteiger partial charge in [0, 0.05) is 17.1 Å². The zero-order chi connectivity index (χ0) is 15.7. The molecule has 0 aliphatic rings. The molecule has 6 heteroatoms. The fourth-order valence-corrected chi connectivity index (χ4v) is 2.21. The molecule has 0 atom stereocenters. The summed E-state index contributed by atoms with van der Waals surface area (Å²) in [6.45, 7) is 1.76. The number of carboxylic acids is 1. The van der Waals surface area contributed by atoms with Gasteiger partial charge in [-0.15, -0.1) is 0 Å². The van der Waals surface area contributed by atoms with Gasteiger partial charge in [-0.2, -0.15) is 0 Å². The van der Waals surface area contributed by atoms with Crippen LogP contribution in [0.3, 0.4) is 0 Å². The maximum Gasteiger partial charge on any atom is 0.335 e. The Hall–Kier alpha value is -3.15. The Balaban J connectivity index is 1.90. The number of aryl methyl sites for hydroxylation is 1. The summed E-state index contributed by atoms with van der Waals surface area (Å²) < 4.78 is 0. The van der Waals surface area contributed by atoms with E-state index >= 15 is 0 Å². The first-order valence-electron chi connectivity index (χ1n) is 6.63. The van der Waals surface area contributed by atoms with Crippen LogP contribution in [0.4, 0.5) is 5.69 Å². The Morgan fingerprint density at radius 2 is 2.05 bits per heavy atom. The molecule has 22 heavy (non-hydrogen) atoms. The minimum Gasteiger partial charge on any atom is -0.478 e. The van der Waals surface area contributed by atoms with E-state index in [1.165, 1.54) is 12.1 Å². The van der Waals surface area contributed by atoms with Crippen LogP contribution < -0.4 is 5.32 Å². The first kappa shape index (κ1) is 13.8. The standard InChI is InChI=1S/C16H13N3O3/c1-9-2-3-11(16(21)22)7-13(9)15(20)19-12-6-10-4-5-17-14(10)18-8-12/h2-8H,1H3,(H,17,18)(H,19,20)(H,21,22). The van der Waals surface area contributed by atoms with Gasteiger partial charge in [0.1, 0.15) is 5.65 Å². The highest BCUT2D eigenvalue weighted by molar-refractivity contribution is 6.07. The fourth-order valence-electron chi connectivity index (χ4n) is 2.21. The number of aromatic nitrogens is 2. The molecular weight excluding hydrogens is 282 g/mol. The van der Waals surface area contributed by atoms with E-state index in [9.17, 15) is 9.59 Å². The SMILES string of the molecule is Cc1ccc(C(=O)O)cc1C(=O)Nc1cnc2[nH]ccc2c1. The predicted octanol–water partition coefficient (Wildman–Crippen LogP) is 2.82. The Kier molecular flexibility index (Phi) is 3.34. The Bertz CT molecular complexity index is 883. The summed E-state index contributed by atoms with van der Waals surface area (Å²) >= 11 is 0. The lowest BCUT2D eigenvalue weighted by atomic mass is 10.0. The molecule has 0 bridgehead atoms. The van der Waals surface area contributed by atoms with Gasteiger partial charge in [-0.05, 0) is 36.8 Å². The molecule has 0 radical (unpaired) electrons. The third-order valence-corrected chi connectivity index (χ3v) is 3.39. The number of H-pyrrole nitrogens is 1. The zero-order valence-electron chi connectivity index (χ0n) is 11.8. The van der Waals surface area contributed by atoms with Gasteiger partial charge >= 0.3 is 5.97 Å². The number of carbonyl (C=O) groups excluding carboxylic acids is 1. The zero-order valence-corrected chi connectivity index (χ0v) is 11.8. The maximum atomic E-state index is 12.3. The molecule has 0 fully saturated rings. The van der Waals surface area contributed by atoms with Crippen molar-refractivity contribution < 1.29 is 14.7 Å². The number of hydrogen-bond donors (Lipinski definition) is 3. The summed E-state index contributed by atoms with van der Waals surface area (Å²) in [5.74, 6) is -1.43. The van der Waals surface area contributed by atoms with Crippen molar-refractivity contribution in [3.63, 3.8) is 0 Å². The smallest absolute Gasteiger partial charge is 0.335 e. The molecule has 3 rings (SSSR count). The van der Waals surface area contributed by atoms with Gasteiger partial charge in [-0.1, -0.05) is 6.07 Å². The monoisotopic (exact) mass is 295 g/mol. The average molecular weight is 295 g/mol. The van der Waals surface area contributed by atoms with Gasteiger partial charge in [0.25, 0.3) is 5.91 Å². The molecule has 0 aliphatic carbocycles. The summed E-state index contributed by atoms with van der Waals surface area (Å²) in [6, 6.07) is 8.12. The lowest BCUT2D eigenvalue weighted by Gasteiger charge is -2.08. The number of aromatic carboxylic acids is 1. The first-order valence-corrected chi connectivity index (χ1v) is 6.63. The number of benzene rings is 1.